The Labute approximate surface area is 136 Å². The smallest absolute Gasteiger partial charge is 0.240 e. The van der Waals surface area contributed by atoms with Crippen molar-refractivity contribution in [2.75, 3.05) is 18.4 Å². The molecule has 1 atom stereocenters. The molecule has 1 N–H and O–H groups in total. The lowest BCUT2D eigenvalue weighted by atomic mass is 9.90. The van der Waals surface area contributed by atoms with Gasteiger partial charge in [-0.05, 0) is 39.2 Å². The van der Waals surface area contributed by atoms with Crippen molar-refractivity contribution < 1.29 is 4.79 Å². The molecule has 1 amide bonds. The molecule has 1 aromatic heterocycles. The molecule has 2 heterocycles. The van der Waals surface area contributed by atoms with Crippen LogP contribution in [0.25, 0.3) is 0 Å². The Kier molecular flexibility index (Phi) is 5.41. The number of piperidine rings is 1. The van der Waals surface area contributed by atoms with Gasteiger partial charge in [-0.15, -0.1) is 10.2 Å². The minimum absolute atomic E-state index is 0.0418. The average molecular weight is 322 g/mol. The van der Waals surface area contributed by atoms with E-state index in [1.54, 1.807) is 11.3 Å². The summed E-state index contributed by atoms with van der Waals surface area (Å²) in [7, 11) is 0. The predicted molar refractivity (Wildman–Crippen MR) is 89.3 cm³/mol. The first-order valence-corrected chi connectivity index (χ1v) is 9.41. The number of rotatable bonds is 4. The van der Waals surface area contributed by atoms with Crippen LogP contribution < -0.4 is 5.32 Å². The number of nitrogens with zero attached hydrogens (tertiary/aromatic N) is 3. The van der Waals surface area contributed by atoms with Gasteiger partial charge in [-0.2, -0.15) is 0 Å². The fourth-order valence-electron chi connectivity index (χ4n) is 3.54. The number of nitrogens with one attached hydrogen (secondary N) is 1. The van der Waals surface area contributed by atoms with Crippen LogP contribution in [0.5, 0.6) is 0 Å². The highest BCUT2D eigenvalue weighted by molar-refractivity contribution is 7.15. The van der Waals surface area contributed by atoms with Gasteiger partial charge in [0.05, 0.1) is 6.54 Å². The number of aromatic nitrogens is 2. The Morgan fingerprint density at radius 1 is 1.18 bits per heavy atom. The molecule has 1 saturated heterocycles. The molecule has 1 aliphatic carbocycles. The molecule has 6 heteroatoms. The third-order valence-corrected chi connectivity index (χ3v) is 5.93. The van der Waals surface area contributed by atoms with Crippen molar-refractivity contribution in [2.45, 2.75) is 70.3 Å². The second kappa shape index (κ2) is 7.51. The zero-order valence-corrected chi connectivity index (χ0v) is 14.2. The van der Waals surface area contributed by atoms with Crippen LogP contribution in [0.15, 0.2) is 0 Å². The molecule has 22 heavy (non-hydrogen) atoms. The largest absolute Gasteiger partial charge is 0.299 e. The third kappa shape index (κ3) is 4.04. The molecule has 1 aromatic rings. The molecule has 0 aromatic carbocycles. The van der Waals surface area contributed by atoms with E-state index in [2.05, 4.69) is 27.3 Å². The number of likely N-dealkylation sites (tertiary alicyclic amines) is 1. The van der Waals surface area contributed by atoms with Crippen molar-refractivity contribution in [1.82, 2.24) is 15.1 Å². The molecule has 1 unspecified atom stereocenters. The van der Waals surface area contributed by atoms with E-state index < -0.39 is 0 Å². The summed E-state index contributed by atoms with van der Waals surface area (Å²) in [5.74, 6) is 0.596. The Hall–Kier alpha value is -1.01. The Morgan fingerprint density at radius 2 is 1.95 bits per heavy atom. The maximum absolute atomic E-state index is 12.2. The maximum Gasteiger partial charge on any atom is 0.240 e. The van der Waals surface area contributed by atoms with Crippen molar-refractivity contribution in [3.8, 4) is 0 Å². The second-order valence-electron chi connectivity index (χ2n) is 6.64. The van der Waals surface area contributed by atoms with E-state index in [9.17, 15) is 4.79 Å². The van der Waals surface area contributed by atoms with Crippen LogP contribution in [-0.2, 0) is 4.79 Å². The zero-order chi connectivity index (χ0) is 15.4. The van der Waals surface area contributed by atoms with Gasteiger partial charge < -0.3 is 0 Å². The zero-order valence-electron chi connectivity index (χ0n) is 13.4. The summed E-state index contributed by atoms with van der Waals surface area (Å²) in [5.41, 5.74) is 0. The Bertz CT molecular complexity index is 498. The quantitative estimate of drug-likeness (QED) is 0.923. The molecule has 3 rings (SSSR count). The van der Waals surface area contributed by atoms with Gasteiger partial charge in [0.2, 0.25) is 11.0 Å². The van der Waals surface area contributed by atoms with Crippen LogP contribution in [-0.4, -0.2) is 40.1 Å². The molecule has 0 radical (unpaired) electrons. The molecule has 5 nitrogen and oxygen atoms in total. The van der Waals surface area contributed by atoms with E-state index in [1.165, 1.54) is 51.4 Å². The molecule has 122 valence electrons. The van der Waals surface area contributed by atoms with Crippen LogP contribution in [0.2, 0.25) is 0 Å². The average Bonchev–Trinajstić information content (AvgIpc) is 2.99. The minimum Gasteiger partial charge on any atom is -0.299 e. The van der Waals surface area contributed by atoms with Gasteiger partial charge in [0, 0.05) is 12.0 Å². The molecule has 1 saturated carbocycles. The van der Waals surface area contributed by atoms with Crippen molar-refractivity contribution in [3.63, 3.8) is 0 Å². The molecular formula is C16H26N4OS. The van der Waals surface area contributed by atoms with Gasteiger partial charge in [0.15, 0.2) is 0 Å². The summed E-state index contributed by atoms with van der Waals surface area (Å²) in [5, 5.41) is 13.2. The Balaban J connectivity index is 1.52. The van der Waals surface area contributed by atoms with Crippen LogP contribution >= 0.6 is 11.3 Å². The monoisotopic (exact) mass is 322 g/mol. The SMILES string of the molecule is CC1CCCCN1CC(=O)Nc1nnc(C2CCCCC2)s1. The van der Waals surface area contributed by atoms with E-state index in [-0.39, 0.29) is 5.91 Å². The van der Waals surface area contributed by atoms with Crippen molar-refractivity contribution >= 4 is 22.4 Å². The van der Waals surface area contributed by atoms with Crippen molar-refractivity contribution in [2.24, 2.45) is 0 Å². The molecule has 1 aliphatic heterocycles. The normalized spacial score (nSPS) is 24.3. The Morgan fingerprint density at radius 3 is 2.73 bits per heavy atom. The lowest BCUT2D eigenvalue weighted by Gasteiger charge is -2.32. The van der Waals surface area contributed by atoms with Crippen molar-refractivity contribution in [3.05, 3.63) is 5.01 Å². The van der Waals surface area contributed by atoms with E-state index >= 15 is 0 Å². The highest BCUT2D eigenvalue weighted by Gasteiger charge is 2.22. The van der Waals surface area contributed by atoms with E-state index in [1.807, 2.05) is 0 Å². The highest BCUT2D eigenvalue weighted by Crippen LogP contribution is 2.35. The number of carbonyl (C=O) groups excluding carboxylic acids is 1. The summed E-state index contributed by atoms with van der Waals surface area (Å²) in [6.07, 6.45) is 10.0. The number of hydrogen-bond acceptors (Lipinski definition) is 5. The number of amides is 1. The highest BCUT2D eigenvalue weighted by atomic mass is 32.1. The van der Waals surface area contributed by atoms with Crippen molar-refractivity contribution in [1.29, 1.82) is 0 Å². The predicted octanol–water partition coefficient (Wildman–Crippen LogP) is 3.40. The summed E-state index contributed by atoms with van der Waals surface area (Å²) in [6.45, 7) is 3.70. The number of carbonyl (C=O) groups is 1. The van der Waals surface area contributed by atoms with Gasteiger partial charge in [-0.25, -0.2) is 0 Å². The summed E-state index contributed by atoms with van der Waals surface area (Å²) in [4.78, 5) is 14.5. The third-order valence-electron chi connectivity index (χ3n) is 4.93. The molecule has 0 spiro atoms. The number of hydrogen-bond donors (Lipinski definition) is 1. The van der Waals surface area contributed by atoms with Crippen LogP contribution in [0.1, 0.15) is 69.2 Å². The first-order valence-electron chi connectivity index (χ1n) is 8.59. The first-order chi connectivity index (χ1) is 10.7. The summed E-state index contributed by atoms with van der Waals surface area (Å²) < 4.78 is 0. The minimum atomic E-state index is 0.0418. The van der Waals surface area contributed by atoms with E-state index in [0.29, 0.717) is 23.6 Å². The fourth-order valence-corrected chi connectivity index (χ4v) is 4.46. The van der Waals surface area contributed by atoms with Crippen LogP contribution in [0.4, 0.5) is 5.13 Å². The lowest BCUT2D eigenvalue weighted by molar-refractivity contribution is -0.118. The topological polar surface area (TPSA) is 58.1 Å². The second-order valence-corrected chi connectivity index (χ2v) is 7.65. The summed E-state index contributed by atoms with van der Waals surface area (Å²) >= 11 is 1.56. The van der Waals surface area contributed by atoms with Crippen LogP contribution in [0.3, 0.4) is 0 Å². The number of anilines is 1. The lowest BCUT2D eigenvalue weighted by Crippen LogP contribution is -2.42. The standard InChI is InChI=1S/C16H26N4OS/c1-12-7-5-6-10-20(12)11-14(21)17-16-19-18-15(22-16)13-8-3-2-4-9-13/h12-13H,2-11H2,1H3,(H,17,19,21). The van der Waals surface area contributed by atoms with E-state index in [0.717, 1.165) is 11.6 Å². The van der Waals surface area contributed by atoms with Gasteiger partial charge in [0.25, 0.3) is 0 Å². The van der Waals surface area contributed by atoms with E-state index in [4.69, 9.17) is 0 Å². The fraction of sp³-hybridized carbons (Fsp3) is 0.812. The van der Waals surface area contributed by atoms with Crippen LogP contribution in [0, 0.1) is 0 Å². The van der Waals surface area contributed by atoms with Gasteiger partial charge in [-0.1, -0.05) is 37.0 Å². The van der Waals surface area contributed by atoms with Gasteiger partial charge in [-0.3, -0.25) is 15.0 Å². The first kappa shape index (κ1) is 15.9. The molecule has 0 bridgehead atoms. The molecule has 2 aliphatic rings. The van der Waals surface area contributed by atoms with Gasteiger partial charge in [0.1, 0.15) is 5.01 Å². The van der Waals surface area contributed by atoms with Gasteiger partial charge >= 0.3 is 0 Å². The summed E-state index contributed by atoms with van der Waals surface area (Å²) in [6, 6.07) is 0.506. The molecule has 2 fully saturated rings. The maximum atomic E-state index is 12.2. The molecular weight excluding hydrogens is 296 g/mol.